The number of benzene rings is 2. The normalized spacial score (nSPS) is 27.4. The fraction of sp³-hybridized carbons (Fsp3) is 0.500. The van der Waals surface area contributed by atoms with Gasteiger partial charge in [-0.2, -0.15) is 0 Å². The third-order valence-electron chi connectivity index (χ3n) is 7.94. The van der Waals surface area contributed by atoms with Gasteiger partial charge >= 0.3 is 0 Å². The number of rotatable bonds is 6. The van der Waals surface area contributed by atoms with Crippen LogP contribution in [0.15, 0.2) is 12.1 Å². The van der Waals surface area contributed by atoms with Crippen molar-refractivity contribution >= 4 is 5.78 Å². The van der Waals surface area contributed by atoms with Gasteiger partial charge in [0.2, 0.25) is 5.82 Å². The van der Waals surface area contributed by atoms with E-state index in [1.54, 1.807) is 17.0 Å². The highest BCUT2D eigenvalue weighted by atomic mass is 19.2. The molecule has 0 spiro atoms. The maximum atomic E-state index is 16.2. The first-order valence-corrected chi connectivity index (χ1v) is 11.8. The van der Waals surface area contributed by atoms with E-state index < -0.39 is 64.9 Å². The van der Waals surface area contributed by atoms with E-state index in [0.29, 0.717) is 36.3 Å². The first-order chi connectivity index (χ1) is 17.1. The number of fused-ring (bicyclic) bond motifs is 3. The molecule has 2 heterocycles. The third kappa shape index (κ3) is 3.93. The zero-order chi connectivity index (χ0) is 25.9. The van der Waals surface area contributed by atoms with Crippen molar-refractivity contribution in [1.29, 1.82) is 0 Å². The molecule has 3 aliphatic rings. The van der Waals surface area contributed by atoms with E-state index in [-0.39, 0.29) is 25.0 Å². The zero-order valence-electron chi connectivity index (χ0n) is 19.8. The van der Waals surface area contributed by atoms with E-state index in [1.807, 2.05) is 0 Å². The first-order valence-electron chi connectivity index (χ1n) is 11.8. The van der Waals surface area contributed by atoms with Gasteiger partial charge in [0.05, 0.1) is 14.2 Å². The van der Waals surface area contributed by atoms with Crippen LogP contribution in [0.3, 0.4) is 0 Å². The second-order valence-electron chi connectivity index (χ2n) is 10.00. The average Bonchev–Trinajstić information content (AvgIpc) is 3.29. The van der Waals surface area contributed by atoms with Crippen molar-refractivity contribution in [3.63, 3.8) is 0 Å². The molecule has 5 rings (SSSR count). The van der Waals surface area contributed by atoms with Crippen molar-refractivity contribution in [2.24, 2.45) is 5.92 Å². The Balaban J connectivity index is 1.32. The molecule has 4 nitrogen and oxygen atoms in total. The fourth-order valence-electron chi connectivity index (χ4n) is 6.28. The van der Waals surface area contributed by atoms with Crippen molar-refractivity contribution in [3.05, 3.63) is 57.9 Å². The topological polar surface area (TPSA) is 38.8 Å². The zero-order valence-corrected chi connectivity index (χ0v) is 19.8. The minimum Gasteiger partial charge on any atom is -0.493 e. The number of methoxy groups -OCH3 is 2. The summed E-state index contributed by atoms with van der Waals surface area (Å²) in [4.78, 5) is 14.7. The molecule has 0 saturated carbocycles. The Kier molecular flexibility index (Phi) is 6.21. The van der Waals surface area contributed by atoms with Crippen molar-refractivity contribution in [3.8, 4) is 11.5 Å². The molecule has 3 unspecified atom stereocenters. The smallest absolute Gasteiger partial charge is 0.200 e. The van der Waals surface area contributed by atoms with Gasteiger partial charge in [-0.05, 0) is 56.2 Å². The number of ether oxygens (including phenoxy) is 2. The molecule has 2 saturated heterocycles. The van der Waals surface area contributed by atoms with E-state index in [9.17, 15) is 26.7 Å². The van der Waals surface area contributed by atoms with Gasteiger partial charge in [-0.3, -0.25) is 9.69 Å². The molecule has 2 bridgehead atoms. The fourth-order valence-corrected chi connectivity index (χ4v) is 6.28. The van der Waals surface area contributed by atoms with Crippen LogP contribution < -0.4 is 9.47 Å². The van der Waals surface area contributed by atoms with Crippen LogP contribution in [-0.4, -0.2) is 42.7 Å². The molecule has 10 heteroatoms. The van der Waals surface area contributed by atoms with Crippen molar-refractivity contribution < 1.29 is 40.6 Å². The lowest BCUT2D eigenvalue weighted by molar-refractivity contribution is -0.00749. The molecule has 194 valence electrons. The van der Waals surface area contributed by atoms with Gasteiger partial charge in [-0.25, -0.2) is 26.3 Å². The highest BCUT2D eigenvalue weighted by Gasteiger charge is 2.51. The quantitative estimate of drug-likeness (QED) is 0.283. The number of carbonyl (C=O) groups is 1. The monoisotopic (exact) mass is 513 g/mol. The second-order valence-corrected chi connectivity index (χ2v) is 10.00. The number of ketones is 1. The van der Waals surface area contributed by atoms with Crippen LogP contribution in [0, 0.1) is 35.0 Å². The molecule has 0 amide bonds. The largest absolute Gasteiger partial charge is 0.493 e. The van der Waals surface area contributed by atoms with E-state index in [4.69, 9.17) is 9.47 Å². The average molecular weight is 513 g/mol. The molecule has 0 aromatic heterocycles. The van der Waals surface area contributed by atoms with Crippen LogP contribution in [-0.2, 0) is 13.0 Å². The maximum absolute atomic E-state index is 16.2. The molecule has 1 aliphatic carbocycles. The number of hydrogen-bond acceptors (Lipinski definition) is 4. The van der Waals surface area contributed by atoms with Gasteiger partial charge in [0.1, 0.15) is 5.67 Å². The second kappa shape index (κ2) is 8.97. The van der Waals surface area contributed by atoms with Gasteiger partial charge in [0.25, 0.3) is 0 Å². The maximum Gasteiger partial charge on any atom is 0.200 e. The number of carbonyl (C=O) groups excluding carboxylic acids is 1. The van der Waals surface area contributed by atoms with Crippen LogP contribution in [0.5, 0.6) is 11.5 Å². The lowest BCUT2D eigenvalue weighted by atomic mass is 9.79. The SMILES string of the molecule is COc1cc2c(cc1OC)C(=O)C(CC1(F)CC3CCC(C1)N3Cc1c(F)c(F)c(F)c(F)c1F)C2. The number of nitrogens with zero attached hydrogens (tertiary/aromatic N) is 1. The molecular weight excluding hydrogens is 488 g/mol. The van der Waals surface area contributed by atoms with E-state index in [0.717, 1.165) is 5.56 Å². The molecular formula is C26H25F6NO3. The van der Waals surface area contributed by atoms with Gasteiger partial charge in [0.15, 0.2) is 40.6 Å². The Morgan fingerprint density at radius 1 is 0.889 bits per heavy atom. The van der Waals surface area contributed by atoms with Gasteiger partial charge < -0.3 is 9.47 Å². The summed E-state index contributed by atoms with van der Waals surface area (Å²) in [6.07, 6.45) is 1.48. The number of halogens is 6. The predicted molar refractivity (Wildman–Crippen MR) is 117 cm³/mol. The van der Waals surface area contributed by atoms with Gasteiger partial charge in [-0.1, -0.05) is 0 Å². The summed E-state index contributed by atoms with van der Waals surface area (Å²) in [6, 6.07) is 2.48. The Morgan fingerprint density at radius 3 is 1.97 bits per heavy atom. The van der Waals surface area contributed by atoms with Crippen LogP contribution in [0.25, 0.3) is 0 Å². The van der Waals surface area contributed by atoms with Crippen LogP contribution >= 0.6 is 0 Å². The third-order valence-corrected chi connectivity index (χ3v) is 7.94. The molecule has 2 fully saturated rings. The summed E-state index contributed by atoms with van der Waals surface area (Å²) >= 11 is 0. The molecule has 2 aliphatic heterocycles. The lowest BCUT2D eigenvalue weighted by Crippen LogP contribution is -2.49. The Morgan fingerprint density at radius 2 is 1.42 bits per heavy atom. The number of alkyl halides is 1. The summed E-state index contributed by atoms with van der Waals surface area (Å²) in [6.45, 7) is -0.495. The van der Waals surface area contributed by atoms with E-state index in [1.165, 1.54) is 14.2 Å². The number of hydrogen-bond donors (Lipinski definition) is 0. The minimum atomic E-state index is -2.20. The summed E-state index contributed by atoms with van der Waals surface area (Å²) in [5.41, 5.74) is -1.35. The first kappa shape index (κ1) is 24.9. The van der Waals surface area contributed by atoms with Crippen LogP contribution in [0.4, 0.5) is 26.3 Å². The molecule has 36 heavy (non-hydrogen) atoms. The summed E-state index contributed by atoms with van der Waals surface area (Å²) in [5, 5.41) is 0. The highest BCUT2D eigenvalue weighted by Crippen LogP contribution is 2.48. The number of Topliss-reactive ketones (excluding diaryl/α,β-unsaturated/α-hetero) is 1. The van der Waals surface area contributed by atoms with E-state index >= 15 is 4.39 Å². The lowest BCUT2D eigenvalue weighted by Gasteiger charge is -2.43. The standard InChI is InChI=1S/C26H25F6NO3/c1-35-18-6-12-5-13(25(34)16(12)7-19(18)36-2)8-26(32)9-14-3-4-15(10-26)33(14)11-17-20(27)22(29)24(31)23(30)21(17)28/h6-7,13-15H,3-5,8-11H2,1-2H3. The Hall–Kier alpha value is -2.75. The molecule has 2 aromatic rings. The van der Waals surface area contributed by atoms with Crippen LogP contribution in [0.2, 0.25) is 0 Å². The van der Waals surface area contributed by atoms with Crippen molar-refractivity contribution in [2.75, 3.05) is 14.2 Å². The Bertz CT molecular complexity index is 1190. The number of piperidine rings is 1. The molecule has 3 atom stereocenters. The van der Waals surface area contributed by atoms with Gasteiger partial charge in [0, 0.05) is 35.7 Å². The molecule has 0 radical (unpaired) electrons. The highest BCUT2D eigenvalue weighted by molar-refractivity contribution is 6.03. The Labute approximate surface area is 204 Å². The summed E-state index contributed by atoms with van der Waals surface area (Å²) < 4.78 is 96.0. The van der Waals surface area contributed by atoms with Crippen LogP contribution in [0.1, 0.15) is 53.6 Å². The van der Waals surface area contributed by atoms with E-state index in [2.05, 4.69) is 0 Å². The van der Waals surface area contributed by atoms with Crippen molar-refractivity contribution in [2.45, 2.75) is 62.8 Å². The predicted octanol–water partition coefficient (Wildman–Crippen LogP) is 5.68. The summed E-state index contributed by atoms with van der Waals surface area (Å²) in [7, 11) is 2.96. The van der Waals surface area contributed by atoms with Crippen molar-refractivity contribution in [1.82, 2.24) is 4.90 Å². The summed E-state index contributed by atoms with van der Waals surface area (Å²) in [5.74, 6) is -9.72. The molecule has 2 aromatic carbocycles. The minimum absolute atomic E-state index is 0.00545. The molecule has 0 N–H and O–H groups in total. The van der Waals surface area contributed by atoms with Gasteiger partial charge in [-0.15, -0.1) is 0 Å².